The third-order valence-electron chi connectivity index (χ3n) is 0.871. The molecule has 47 valence electrons. The zero-order valence-corrected chi connectivity index (χ0v) is 8.20. The van der Waals surface area contributed by atoms with Crippen molar-refractivity contribution < 1.29 is 37.1 Å². The van der Waals surface area contributed by atoms with Gasteiger partial charge in [0.05, 0.1) is 0 Å². The second-order valence-corrected chi connectivity index (χ2v) is 1.59. The monoisotopic (exact) mass is 192 g/mol. The van der Waals surface area contributed by atoms with Gasteiger partial charge >= 0.3 is 0 Å². The summed E-state index contributed by atoms with van der Waals surface area (Å²) < 4.78 is 11.3. The summed E-state index contributed by atoms with van der Waals surface area (Å²) in [6.45, 7) is 1.84. The van der Waals surface area contributed by atoms with Crippen molar-refractivity contribution in [2.24, 2.45) is 0 Å². The Kier molecular flexibility index (Phi) is 16.1. The van der Waals surface area contributed by atoms with Gasteiger partial charge in [-0.1, -0.05) is 19.8 Å². The van der Waals surface area contributed by atoms with Crippen LogP contribution in [0.1, 0.15) is 26.2 Å². The van der Waals surface area contributed by atoms with Crippen LogP contribution in [0.5, 0.6) is 0 Å². The van der Waals surface area contributed by atoms with Crippen molar-refractivity contribution in [3.05, 3.63) is 6.42 Å². The third-order valence-corrected chi connectivity index (χ3v) is 0.871. The molecule has 0 aromatic heterocycles. The van der Waals surface area contributed by atoms with Gasteiger partial charge in [0.25, 0.3) is 0 Å². The molecule has 0 unspecified atom stereocenters. The van der Waals surface area contributed by atoms with E-state index in [9.17, 15) is 4.39 Å². The van der Waals surface area contributed by atoms with Gasteiger partial charge in [0.2, 0.25) is 0 Å². The Balaban J connectivity index is 0. The van der Waals surface area contributed by atoms with Crippen molar-refractivity contribution in [1.82, 2.24) is 0 Å². The average molecular weight is 192 g/mol. The normalized spacial score (nSPS) is 8.25. The molecule has 0 bridgehead atoms. The topological polar surface area (TPSA) is 0 Å². The minimum Gasteiger partial charge on any atom is -0.298 e. The molecular formula is C6H12FY-. The minimum absolute atomic E-state index is 0. The summed E-state index contributed by atoms with van der Waals surface area (Å²) in [5, 5.41) is 0. The van der Waals surface area contributed by atoms with Crippen LogP contribution in [0.15, 0.2) is 0 Å². The van der Waals surface area contributed by atoms with Gasteiger partial charge in [-0.3, -0.25) is 10.8 Å². The van der Waals surface area contributed by atoms with E-state index in [4.69, 9.17) is 0 Å². The molecule has 0 saturated heterocycles. The Hall–Kier alpha value is 1.03. The predicted molar refractivity (Wildman–Crippen MR) is 29.8 cm³/mol. The van der Waals surface area contributed by atoms with E-state index in [0.717, 1.165) is 19.3 Å². The Labute approximate surface area is 76.1 Å². The first kappa shape index (κ1) is 11.8. The Morgan fingerprint density at radius 3 is 2.50 bits per heavy atom. The molecule has 1 radical (unpaired) electrons. The van der Waals surface area contributed by atoms with Crippen LogP contribution >= 0.6 is 0 Å². The van der Waals surface area contributed by atoms with Crippen LogP contribution in [0.3, 0.4) is 0 Å². The largest absolute Gasteiger partial charge is 0.298 e. The Morgan fingerprint density at radius 2 is 2.12 bits per heavy atom. The molecule has 0 fully saturated rings. The van der Waals surface area contributed by atoms with E-state index in [1.807, 2.05) is 0 Å². The zero-order valence-electron chi connectivity index (χ0n) is 5.36. The van der Waals surface area contributed by atoms with Crippen molar-refractivity contribution >= 4 is 0 Å². The zero-order chi connectivity index (χ0) is 5.54. The number of rotatable bonds is 4. The number of alkyl halides is 1. The summed E-state index contributed by atoms with van der Waals surface area (Å²) in [5.74, 6) is 0. The van der Waals surface area contributed by atoms with Crippen LogP contribution in [0.4, 0.5) is 4.39 Å². The molecule has 2 heteroatoms. The molecule has 0 spiro atoms. The van der Waals surface area contributed by atoms with Crippen LogP contribution in [-0.4, -0.2) is 6.67 Å². The molecule has 0 amide bonds. The number of halogens is 1. The van der Waals surface area contributed by atoms with Gasteiger partial charge in [0.1, 0.15) is 0 Å². The van der Waals surface area contributed by atoms with Crippen LogP contribution < -0.4 is 0 Å². The fourth-order valence-electron chi connectivity index (χ4n) is 0.426. The van der Waals surface area contributed by atoms with Crippen LogP contribution in [0.25, 0.3) is 0 Å². The second-order valence-electron chi connectivity index (χ2n) is 1.59. The summed E-state index contributed by atoms with van der Waals surface area (Å²) in [4.78, 5) is 0. The van der Waals surface area contributed by atoms with Crippen LogP contribution in [-0.2, 0) is 32.7 Å². The first-order chi connectivity index (χ1) is 3.41. The van der Waals surface area contributed by atoms with Crippen molar-refractivity contribution in [2.45, 2.75) is 26.2 Å². The maximum atomic E-state index is 11.3. The molecule has 0 saturated carbocycles. The summed E-state index contributed by atoms with van der Waals surface area (Å²) in [7, 11) is 0. The molecule has 0 rings (SSSR count). The molecule has 0 aliphatic rings. The van der Waals surface area contributed by atoms with Gasteiger partial charge in [0, 0.05) is 32.7 Å². The maximum Gasteiger partial charge on any atom is 0 e. The SMILES string of the molecule is CCCC[CH-]CF.[Y]. The van der Waals surface area contributed by atoms with Crippen LogP contribution in [0.2, 0.25) is 0 Å². The van der Waals surface area contributed by atoms with Gasteiger partial charge in [-0.25, -0.2) is 0 Å². The van der Waals surface area contributed by atoms with E-state index < -0.39 is 0 Å². The molecule has 0 aromatic carbocycles. The average Bonchev–Trinajstić information content (AvgIpc) is 1.69. The second kappa shape index (κ2) is 10.9. The summed E-state index contributed by atoms with van der Waals surface area (Å²) in [6.07, 6.45) is 4.90. The van der Waals surface area contributed by atoms with Crippen molar-refractivity contribution in [2.75, 3.05) is 6.67 Å². The van der Waals surface area contributed by atoms with Crippen molar-refractivity contribution in [1.29, 1.82) is 0 Å². The first-order valence-corrected chi connectivity index (χ1v) is 2.79. The first-order valence-electron chi connectivity index (χ1n) is 2.79. The van der Waals surface area contributed by atoms with E-state index in [2.05, 4.69) is 6.92 Å². The van der Waals surface area contributed by atoms with Crippen molar-refractivity contribution in [3.63, 3.8) is 0 Å². The molecule has 0 atom stereocenters. The molecule has 8 heavy (non-hydrogen) atoms. The Bertz CT molecular complexity index is 27.7. The fourth-order valence-corrected chi connectivity index (χ4v) is 0.426. The van der Waals surface area contributed by atoms with Crippen molar-refractivity contribution in [3.8, 4) is 0 Å². The summed E-state index contributed by atoms with van der Waals surface area (Å²) >= 11 is 0. The molecule has 0 heterocycles. The van der Waals surface area contributed by atoms with Gasteiger partial charge in [-0.2, -0.15) is 6.42 Å². The molecule has 0 aliphatic carbocycles. The van der Waals surface area contributed by atoms with E-state index in [1.165, 1.54) is 0 Å². The standard InChI is InChI=1S/C6H12F.Y/c1-2-3-4-5-6-7;/h5H,2-4,6H2,1H3;/q-1;. The fraction of sp³-hybridized carbons (Fsp3) is 0.833. The number of hydrogen-bond donors (Lipinski definition) is 0. The molecular weight excluding hydrogens is 180 g/mol. The Morgan fingerprint density at radius 1 is 1.50 bits per heavy atom. The quantitative estimate of drug-likeness (QED) is 0.473. The number of hydrogen-bond acceptors (Lipinski definition) is 0. The third kappa shape index (κ3) is 10.1. The number of unbranched alkanes of at least 4 members (excludes halogenated alkanes) is 3. The summed E-state index contributed by atoms with van der Waals surface area (Å²) in [6, 6.07) is 0. The molecule has 0 nitrogen and oxygen atoms in total. The summed E-state index contributed by atoms with van der Waals surface area (Å²) in [5.41, 5.74) is 0. The molecule has 0 aliphatic heterocycles. The molecule has 0 aromatic rings. The van der Waals surface area contributed by atoms with E-state index >= 15 is 0 Å². The predicted octanol–water partition coefficient (Wildman–Crippen LogP) is 2.35. The maximum absolute atomic E-state index is 11.3. The smallest absolute Gasteiger partial charge is 0 e. The molecule has 0 N–H and O–H groups in total. The minimum atomic E-state index is -0.264. The van der Waals surface area contributed by atoms with Crippen LogP contribution in [0, 0.1) is 6.42 Å². The van der Waals surface area contributed by atoms with Gasteiger partial charge < -0.3 is 0 Å². The van der Waals surface area contributed by atoms with Gasteiger partial charge in [-0.05, 0) is 6.67 Å². The van der Waals surface area contributed by atoms with E-state index in [1.54, 1.807) is 6.42 Å². The van der Waals surface area contributed by atoms with Gasteiger partial charge in [0.15, 0.2) is 0 Å². The van der Waals surface area contributed by atoms with E-state index in [-0.39, 0.29) is 39.4 Å². The van der Waals surface area contributed by atoms with Gasteiger partial charge in [-0.15, -0.1) is 0 Å². The van der Waals surface area contributed by atoms with E-state index in [0.29, 0.717) is 0 Å².